The van der Waals surface area contributed by atoms with E-state index in [1.165, 1.54) is 31.7 Å². The van der Waals surface area contributed by atoms with E-state index >= 15 is 8.78 Å². The van der Waals surface area contributed by atoms with Crippen molar-refractivity contribution in [2.75, 3.05) is 13.2 Å². The summed E-state index contributed by atoms with van der Waals surface area (Å²) in [5, 5.41) is 0. The largest absolute Gasteiger partial charge is 0.494 e. The minimum absolute atomic E-state index is 0.0641. The lowest BCUT2D eigenvalue weighted by Gasteiger charge is -2.28. The van der Waals surface area contributed by atoms with Gasteiger partial charge in [-0.1, -0.05) is 88.8 Å². The zero-order valence-electron chi connectivity index (χ0n) is 21.6. The fourth-order valence-corrected chi connectivity index (χ4v) is 4.85. The first-order chi connectivity index (χ1) is 17.5. The Bertz CT molecular complexity index is 1120. The molecule has 0 amide bonds. The van der Waals surface area contributed by atoms with Crippen molar-refractivity contribution >= 4 is 0 Å². The number of alkyl halides is 2. The van der Waals surface area contributed by atoms with Crippen LogP contribution in [0.5, 0.6) is 11.5 Å². The molecule has 0 fully saturated rings. The Hall–Kier alpha value is -2.88. The Morgan fingerprint density at radius 3 is 1.89 bits per heavy atom. The van der Waals surface area contributed by atoms with Gasteiger partial charge in [-0.05, 0) is 64.9 Å². The predicted octanol–water partition coefficient (Wildman–Crippen LogP) is 9.59. The van der Waals surface area contributed by atoms with Crippen molar-refractivity contribution in [2.24, 2.45) is 0 Å². The summed E-state index contributed by atoms with van der Waals surface area (Å²) in [6.45, 7) is 5.64. The quantitative estimate of drug-likeness (QED) is 0.221. The lowest BCUT2D eigenvalue weighted by Crippen LogP contribution is -2.23. The summed E-state index contributed by atoms with van der Waals surface area (Å²) in [7, 11) is 0. The van der Waals surface area contributed by atoms with E-state index in [1.54, 1.807) is 6.07 Å². The van der Waals surface area contributed by atoms with Gasteiger partial charge in [0.05, 0.1) is 13.2 Å². The van der Waals surface area contributed by atoms with Crippen molar-refractivity contribution in [3.8, 4) is 33.8 Å². The Kier molecular flexibility index (Phi) is 9.01. The van der Waals surface area contributed by atoms with Crippen LogP contribution in [-0.2, 0) is 12.3 Å². The summed E-state index contributed by atoms with van der Waals surface area (Å²) in [4.78, 5) is 0. The van der Waals surface area contributed by atoms with E-state index in [1.807, 2.05) is 48.5 Å². The number of unbranched alkanes of at least 4 members (excludes halogenated alkanes) is 6. The first-order valence-corrected chi connectivity index (χ1v) is 13.5. The zero-order valence-corrected chi connectivity index (χ0v) is 21.6. The van der Waals surface area contributed by atoms with Crippen LogP contribution in [0.1, 0.15) is 76.3 Å². The second-order valence-electron chi connectivity index (χ2n) is 9.80. The normalized spacial score (nSPS) is 13.7. The first-order valence-electron chi connectivity index (χ1n) is 13.5. The average molecular weight is 493 g/mol. The number of halogens is 2. The van der Waals surface area contributed by atoms with Gasteiger partial charge in [0.1, 0.15) is 11.5 Å². The highest BCUT2D eigenvalue weighted by atomic mass is 19.3. The van der Waals surface area contributed by atoms with Crippen LogP contribution in [-0.4, -0.2) is 13.2 Å². The molecule has 0 unspecified atom stereocenters. The highest BCUT2D eigenvalue weighted by Crippen LogP contribution is 2.47. The summed E-state index contributed by atoms with van der Waals surface area (Å²) in [5.41, 5.74) is 4.15. The molecule has 0 atom stereocenters. The van der Waals surface area contributed by atoms with E-state index in [0.717, 1.165) is 54.7 Å². The molecule has 4 heteroatoms. The van der Waals surface area contributed by atoms with Crippen LogP contribution in [0.4, 0.5) is 8.78 Å². The van der Waals surface area contributed by atoms with E-state index in [0.29, 0.717) is 23.5 Å². The molecule has 0 saturated heterocycles. The van der Waals surface area contributed by atoms with E-state index < -0.39 is 5.92 Å². The number of rotatable bonds is 13. The minimum Gasteiger partial charge on any atom is -0.494 e. The summed E-state index contributed by atoms with van der Waals surface area (Å²) in [5.74, 6) is -1.56. The van der Waals surface area contributed by atoms with E-state index in [2.05, 4.69) is 13.8 Å². The van der Waals surface area contributed by atoms with Crippen molar-refractivity contribution in [1.29, 1.82) is 0 Å². The lowest BCUT2D eigenvalue weighted by atomic mass is 9.82. The van der Waals surface area contributed by atoms with Crippen molar-refractivity contribution in [3.05, 3.63) is 71.8 Å². The molecule has 3 aromatic rings. The first kappa shape index (κ1) is 26.2. The summed E-state index contributed by atoms with van der Waals surface area (Å²) in [6, 6.07) is 19.0. The van der Waals surface area contributed by atoms with Crippen LogP contribution in [0.3, 0.4) is 0 Å². The van der Waals surface area contributed by atoms with Crippen LogP contribution in [0, 0.1) is 0 Å². The van der Waals surface area contributed by atoms with Gasteiger partial charge in [-0.25, -0.2) is 8.78 Å². The molecule has 36 heavy (non-hydrogen) atoms. The van der Waals surface area contributed by atoms with E-state index in [9.17, 15) is 0 Å². The smallest absolute Gasteiger partial charge is 0.277 e. The molecular weight excluding hydrogens is 454 g/mol. The lowest BCUT2D eigenvalue weighted by molar-refractivity contribution is -0.00502. The molecule has 0 N–H and O–H groups in total. The fourth-order valence-electron chi connectivity index (χ4n) is 4.85. The van der Waals surface area contributed by atoms with Crippen molar-refractivity contribution in [3.63, 3.8) is 0 Å². The molecule has 0 heterocycles. The van der Waals surface area contributed by atoms with Gasteiger partial charge in [0.2, 0.25) is 0 Å². The second-order valence-corrected chi connectivity index (χ2v) is 9.80. The predicted molar refractivity (Wildman–Crippen MR) is 144 cm³/mol. The Morgan fingerprint density at radius 1 is 0.639 bits per heavy atom. The number of hydrogen-bond acceptors (Lipinski definition) is 2. The summed E-state index contributed by atoms with van der Waals surface area (Å²) in [6.07, 6.45) is 8.75. The molecule has 1 aliphatic rings. The zero-order chi connectivity index (χ0) is 25.4. The molecule has 0 bridgehead atoms. The van der Waals surface area contributed by atoms with Crippen LogP contribution >= 0.6 is 0 Å². The maximum absolute atomic E-state index is 15.3. The molecule has 2 nitrogen and oxygen atoms in total. The Morgan fingerprint density at radius 2 is 1.22 bits per heavy atom. The topological polar surface area (TPSA) is 18.5 Å². The van der Waals surface area contributed by atoms with Crippen molar-refractivity contribution in [2.45, 2.75) is 77.6 Å². The molecule has 0 aliphatic heterocycles. The van der Waals surface area contributed by atoms with Gasteiger partial charge in [0, 0.05) is 12.0 Å². The summed E-state index contributed by atoms with van der Waals surface area (Å²) < 4.78 is 42.1. The van der Waals surface area contributed by atoms with Crippen molar-refractivity contribution in [1.82, 2.24) is 0 Å². The molecule has 3 aromatic carbocycles. The maximum Gasteiger partial charge on any atom is 0.277 e. The molecule has 0 spiro atoms. The number of fused-ring (bicyclic) bond motifs is 3. The highest BCUT2D eigenvalue weighted by molar-refractivity contribution is 5.78. The van der Waals surface area contributed by atoms with Crippen LogP contribution in [0.15, 0.2) is 60.7 Å². The van der Waals surface area contributed by atoms with Gasteiger partial charge in [-0.2, -0.15) is 0 Å². The van der Waals surface area contributed by atoms with Gasteiger partial charge in [0.25, 0.3) is 5.92 Å². The third-order valence-electron chi connectivity index (χ3n) is 6.91. The third-order valence-corrected chi connectivity index (χ3v) is 6.91. The average Bonchev–Trinajstić information content (AvgIpc) is 2.88. The van der Waals surface area contributed by atoms with Gasteiger partial charge in [-0.15, -0.1) is 0 Å². The fraction of sp³-hybridized carbons (Fsp3) is 0.438. The van der Waals surface area contributed by atoms with E-state index in [4.69, 9.17) is 9.47 Å². The molecule has 0 radical (unpaired) electrons. The molecule has 1 aliphatic carbocycles. The molecule has 0 saturated carbocycles. The third kappa shape index (κ3) is 6.46. The Balaban J connectivity index is 1.47. The van der Waals surface area contributed by atoms with Gasteiger partial charge >= 0.3 is 0 Å². The molecular formula is C32H38F2O2. The van der Waals surface area contributed by atoms with Crippen LogP contribution < -0.4 is 9.47 Å². The van der Waals surface area contributed by atoms with E-state index in [-0.39, 0.29) is 12.0 Å². The summed E-state index contributed by atoms with van der Waals surface area (Å²) >= 11 is 0. The monoisotopic (exact) mass is 492 g/mol. The minimum atomic E-state index is -2.93. The van der Waals surface area contributed by atoms with Crippen LogP contribution in [0.2, 0.25) is 0 Å². The SMILES string of the molecule is CCCCCCOc1ccc(-c2ccc3c(c2)CC(F)(F)c2cc(OCCCCCC)ccc2-3)cc1. The number of ether oxygens (including phenoxy) is 2. The van der Waals surface area contributed by atoms with Gasteiger partial charge in [-0.3, -0.25) is 0 Å². The molecule has 4 rings (SSSR count). The van der Waals surface area contributed by atoms with Gasteiger partial charge < -0.3 is 9.47 Å². The standard InChI is InChI=1S/C32H38F2O2/c1-3-5-7-9-19-35-27-14-11-24(12-15-27)25-13-17-29-26(21-25)23-32(33,34)31-22-28(16-18-30(29)31)36-20-10-8-6-4-2/h11-18,21-22H,3-10,19-20,23H2,1-2H3. The second kappa shape index (κ2) is 12.4. The number of benzene rings is 3. The van der Waals surface area contributed by atoms with Crippen LogP contribution in [0.25, 0.3) is 22.3 Å². The highest BCUT2D eigenvalue weighted by Gasteiger charge is 2.39. The molecule has 192 valence electrons. The molecule has 0 aromatic heterocycles. The van der Waals surface area contributed by atoms with Gasteiger partial charge in [0.15, 0.2) is 0 Å². The maximum atomic E-state index is 15.3. The Labute approximate surface area is 214 Å². The number of hydrogen-bond donors (Lipinski definition) is 0. The van der Waals surface area contributed by atoms with Crippen molar-refractivity contribution < 1.29 is 18.3 Å².